The molecule has 0 saturated carbocycles. The average Bonchev–Trinajstić information content (AvgIpc) is 2.99. The number of nitrogens with zero attached hydrogens (tertiary/aromatic N) is 1. The normalized spacial score (nSPS) is 15.0. The molecule has 0 atom stereocenters. The summed E-state index contributed by atoms with van der Waals surface area (Å²) in [5.41, 5.74) is 3.83. The Kier molecular flexibility index (Phi) is 2.91. The number of carbonyl (C=O) groups excluding carboxylic acids is 1. The quantitative estimate of drug-likeness (QED) is 0.709. The van der Waals surface area contributed by atoms with Gasteiger partial charge in [-0.05, 0) is 47.1 Å². The van der Waals surface area contributed by atoms with E-state index in [4.69, 9.17) is 4.74 Å². The van der Waals surface area contributed by atoms with Gasteiger partial charge in [-0.3, -0.25) is 4.79 Å². The third kappa shape index (κ3) is 1.78. The molecule has 0 radical (unpaired) electrons. The molecule has 0 amide bonds. The molecule has 1 aliphatic rings. The highest BCUT2D eigenvalue weighted by Crippen LogP contribution is 2.45. The van der Waals surface area contributed by atoms with Crippen molar-refractivity contribution in [1.29, 1.82) is 0 Å². The Bertz CT molecular complexity index is 1010. The Labute approximate surface area is 138 Å². The van der Waals surface area contributed by atoms with E-state index in [9.17, 15) is 9.70 Å². The Morgan fingerprint density at radius 2 is 1.92 bits per heavy atom. The van der Waals surface area contributed by atoms with E-state index in [0.29, 0.717) is 16.8 Å². The van der Waals surface area contributed by atoms with Crippen LogP contribution in [0, 0.1) is 4.91 Å². The predicted octanol–water partition coefficient (Wildman–Crippen LogP) is 4.44. The van der Waals surface area contributed by atoms with Gasteiger partial charge in [0.15, 0.2) is 5.78 Å². The molecule has 5 nitrogen and oxygen atoms in total. The van der Waals surface area contributed by atoms with Crippen molar-refractivity contribution in [2.24, 2.45) is 5.18 Å². The lowest BCUT2D eigenvalue weighted by Gasteiger charge is -2.32. The van der Waals surface area contributed by atoms with Crippen LogP contribution in [-0.2, 0) is 5.41 Å². The van der Waals surface area contributed by atoms with Crippen molar-refractivity contribution < 1.29 is 9.53 Å². The van der Waals surface area contributed by atoms with E-state index in [1.165, 1.54) is 0 Å². The molecule has 0 bridgehead atoms. The zero-order valence-electron chi connectivity index (χ0n) is 13.6. The summed E-state index contributed by atoms with van der Waals surface area (Å²) < 4.78 is 5.32. The van der Waals surface area contributed by atoms with E-state index in [1.807, 2.05) is 12.1 Å². The summed E-state index contributed by atoms with van der Waals surface area (Å²) in [5, 5.41) is 3.72. The topological polar surface area (TPSA) is 71.5 Å². The molecule has 0 saturated heterocycles. The molecule has 24 heavy (non-hydrogen) atoms. The van der Waals surface area contributed by atoms with E-state index < -0.39 is 0 Å². The Hall–Kier alpha value is -2.95. The summed E-state index contributed by atoms with van der Waals surface area (Å²) in [7, 11) is 1.61. The number of ketones is 1. The summed E-state index contributed by atoms with van der Waals surface area (Å²) >= 11 is 0. The van der Waals surface area contributed by atoms with Crippen molar-refractivity contribution in [1.82, 2.24) is 4.98 Å². The molecule has 1 aliphatic carbocycles. The van der Waals surface area contributed by atoms with Crippen molar-refractivity contribution in [3.05, 3.63) is 63.7 Å². The van der Waals surface area contributed by atoms with Gasteiger partial charge in [-0.1, -0.05) is 13.8 Å². The number of H-pyrrole nitrogens is 1. The summed E-state index contributed by atoms with van der Waals surface area (Å²) in [5.74, 6) is 0.679. The van der Waals surface area contributed by atoms with Gasteiger partial charge >= 0.3 is 0 Å². The van der Waals surface area contributed by atoms with Gasteiger partial charge in [-0.25, -0.2) is 0 Å². The lowest BCUT2D eigenvalue weighted by atomic mass is 9.71. The monoisotopic (exact) mass is 320 g/mol. The van der Waals surface area contributed by atoms with E-state index in [1.54, 1.807) is 31.4 Å². The summed E-state index contributed by atoms with van der Waals surface area (Å²) in [6.07, 6.45) is 0. The first-order valence-corrected chi connectivity index (χ1v) is 7.70. The van der Waals surface area contributed by atoms with Gasteiger partial charge in [-0.2, -0.15) is 0 Å². The van der Waals surface area contributed by atoms with E-state index >= 15 is 0 Å². The number of nitroso groups, excluding NO2 is 1. The maximum absolute atomic E-state index is 13.1. The van der Waals surface area contributed by atoms with Crippen molar-refractivity contribution in [2.45, 2.75) is 19.3 Å². The van der Waals surface area contributed by atoms with Crippen molar-refractivity contribution in [3.63, 3.8) is 0 Å². The number of fused-ring (bicyclic) bond motifs is 4. The lowest BCUT2D eigenvalue weighted by Crippen LogP contribution is -2.30. The predicted molar refractivity (Wildman–Crippen MR) is 92.3 cm³/mol. The number of methoxy groups -OCH3 is 1. The fourth-order valence-electron chi connectivity index (χ4n) is 3.58. The average molecular weight is 320 g/mol. The minimum atomic E-state index is -0.388. The number of ether oxygens (including phenoxy) is 1. The maximum Gasteiger partial charge on any atom is 0.195 e. The Morgan fingerprint density at radius 1 is 1.12 bits per heavy atom. The number of hydrogen-bond acceptors (Lipinski definition) is 4. The Morgan fingerprint density at radius 3 is 2.62 bits per heavy atom. The molecule has 2 aromatic carbocycles. The first-order chi connectivity index (χ1) is 11.5. The first kappa shape index (κ1) is 14.6. The number of nitrogens with one attached hydrogen (secondary N) is 1. The van der Waals surface area contributed by atoms with Gasteiger partial charge < -0.3 is 9.72 Å². The molecule has 1 N–H and O–H groups in total. The van der Waals surface area contributed by atoms with Gasteiger partial charge in [0, 0.05) is 27.6 Å². The van der Waals surface area contributed by atoms with Crippen LogP contribution in [0.5, 0.6) is 5.75 Å². The molecule has 4 rings (SSSR count). The molecular formula is C19H16N2O3. The minimum absolute atomic E-state index is 0.0451. The lowest BCUT2D eigenvalue weighted by molar-refractivity contribution is 0.103. The van der Waals surface area contributed by atoms with Gasteiger partial charge in [0.1, 0.15) is 11.4 Å². The molecule has 5 heteroatoms. The third-order valence-corrected chi connectivity index (χ3v) is 4.88. The van der Waals surface area contributed by atoms with Crippen LogP contribution in [0.3, 0.4) is 0 Å². The Balaban J connectivity index is 2.06. The van der Waals surface area contributed by atoms with Crippen LogP contribution in [0.25, 0.3) is 10.9 Å². The fraction of sp³-hybridized carbons (Fsp3) is 0.211. The number of hydrogen-bond donors (Lipinski definition) is 1. The molecule has 120 valence electrons. The standard InChI is InChI=1S/C19H16N2O3/c1-19(2)14-9-11(24-3)5-6-12(14)17(22)16-13-8-10(21-23)4-7-15(13)20-18(16)19/h4-9,20H,1-3H3. The highest BCUT2D eigenvalue weighted by Gasteiger charge is 2.39. The number of carbonyl (C=O) groups is 1. The van der Waals surface area contributed by atoms with Crippen LogP contribution in [-0.4, -0.2) is 17.9 Å². The zero-order chi connectivity index (χ0) is 17.1. The fourth-order valence-corrected chi connectivity index (χ4v) is 3.58. The highest BCUT2D eigenvalue weighted by atomic mass is 16.5. The number of aromatic amines is 1. The van der Waals surface area contributed by atoms with Crippen molar-refractivity contribution >= 4 is 22.4 Å². The smallest absolute Gasteiger partial charge is 0.195 e. The first-order valence-electron chi connectivity index (χ1n) is 7.70. The molecule has 3 aromatic rings. The van der Waals surface area contributed by atoms with Gasteiger partial charge in [0.2, 0.25) is 0 Å². The second-order valence-corrected chi connectivity index (χ2v) is 6.56. The molecule has 1 aromatic heterocycles. The van der Waals surface area contributed by atoms with E-state index in [2.05, 4.69) is 24.0 Å². The van der Waals surface area contributed by atoms with Crippen LogP contribution in [0.2, 0.25) is 0 Å². The van der Waals surface area contributed by atoms with Crippen LogP contribution in [0.1, 0.15) is 41.0 Å². The largest absolute Gasteiger partial charge is 0.497 e. The molecule has 0 aliphatic heterocycles. The molecule has 0 spiro atoms. The minimum Gasteiger partial charge on any atom is -0.497 e. The number of benzene rings is 2. The van der Waals surface area contributed by atoms with Crippen LogP contribution in [0.4, 0.5) is 5.69 Å². The molecule has 0 fully saturated rings. The van der Waals surface area contributed by atoms with E-state index in [0.717, 1.165) is 27.9 Å². The zero-order valence-corrected chi connectivity index (χ0v) is 13.6. The number of aromatic nitrogens is 1. The van der Waals surface area contributed by atoms with Crippen molar-refractivity contribution in [3.8, 4) is 5.75 Å². The summed E-state index contributed by atoms with van der Waals surface area (Å²) in [4.78, 5) is 27.3. The van der Waals surface area contributed by atoms with Gasteiger partial charge in [0.05, 0.1) is 12.7 Å². The summed E-state index contributed by atoms with van der Waals surface area (Å²) in [6, 6.07) is 10.6. The SMILES string of the molecule is COc1ccc2c(c1)C(C)(C)c1[nH]c3ccc(N=O)cc3c1C2=O. The van der Waals surface area contributed by atoms with Gasteiger partial charge in [-0.15, -0.1) is 4.91 Å². The molecule has 1 heterocycles. The third-order valence-electron chi connectivity index (χ3n) is 4.88. The van der Waals surface area contributed by atoms with Crippen LogP contribution < -0.4 is 4.74 Å². The summed E-state index contributed by atoms with van der Waals surface area (Å²) in [6.45, 7) is 4.15. The highest BCUT2D eigenvalue weighted by molar-refractivity contribution is 6.20. The van der Waals surface area contributed by atoms with Crippen LogP contribution >= 0.6 is 0 Å². The van der Waals surface area contributed by atoms with Gasteiger partial charge in [0.25, 0.3) is 0 Å². The second-order valence-electron chi connectivity index (χ2n) is 6.56. The second kappa shape index (κ2) is 4.77. The molecular weight excluding hydrogens is 304 g/mol. The number of rotatable bonds is 2. The van der Waals surface area contributed by atoms with Crippen LogP contribution in [0.15, 0.2) is 41.6 Å². The van der Waals surface area contributed by atoms with E-state index in [-0.39, 0.29) is 11.2 Å². The maximum atomic E-state index is 13.1. The molecule has 0 unspecified atom stereocenters. The van der Waals surface area contributed by atoms with Crippen molar-refractivity contribution in [2.75, 3.05) is 7.11 Å².